The van der Waals surface area contributed by atoms with E-state index in [9.17, 15) is 17.6 Å². The lowest BCUT2D eigenvalue weighted by molar-refractivity contribution is 0.596. The highest BCUT2D eigenvalue weighted by molar-refractivity contribution is 7.90. The van der Waals surface area contributed by atoms with Gasteiger partial charge < -0.3 is 4.57 Å². The summed E-state index contributed by atoms with van der Waals surface area (Å²) in [5, 5.41) is 0. The molecule has 0 N–H and O–H groups in total. The Labute approximate surface area is 180 Å². The first-order valence-electron chi connectivity index (χ1n) is 10.1. The van der Waals surface area contributed by atoms with Crippen LogP contribution in [0.3, 0.4) is 0 Å². The van der Waals surface area contributed by atoms with Gasteiger partial charge in [-0.05, 0) is 53.9 Å². The molecule has 0 unspecified atom stereocenters. The molecule has 1 aliphatic heterocycles. The Morgan fingerprint density at radius 3 is 2.42 bits per heavy atom. The second kappa shape index (κ2) is 7.89. The van der Waals surface area contributed by atoms with Crippen molar-refractivity contribution >= 4 is 15.5 Å². The number of aromatic nitrogens is 1. The van der Waals surface area contributed by atoms with Crippen LogP contribution in [0.4, 0.5) is 4.39 Å². The minimum atomic E-state index is -3.21. The van der Waals surface area contributed by atoms with Gasteiger partial charge in [0.05, 0.1) is 17.5 Å². The Kier molecular flexibility index (Phi) is 5.39. The van der Waals surface area contributed by atoms with Crippen molar-refractivity contribution in [3.8, 4) is 11.1 Å². The third-order valence-electron chi connectivity index (χ3n) is 5.61. The minimum Gasteiger partial charge on any atom is -0.318 e. The van der Waals surface area contributed by atoms with Crippen molar-refractivity contribution in [3.63, 3.8) is 0 Å². The van der Waals surface area contributed by atoms with Gasteiger partial charge in [0.1, 0.15) is 5.82 Å². The van der Waals surface area contributed by atoms with E-state index in [-0.39, 0.29) is 28.9 Å². The molecule has 0 spiro atoms. The van der Waals surface area contributed by atoms with Crippen LogP contribution in [0.5, 0.6) is 0 Å². The predicted molar refractivity (Wildman–Crippen MR) is 121 cm³/mol. The number of pyridine rings is 1. The van der Waals surface area contributed by atoms with Crippen LogP contribution in [0.15, 0.2) is 64.5 Å². The van der Waals surface area contributed by atoms with Gasteiger partial charge in [-0.15, -0.1) is 0 Å². The number of aryl methyl sites for hydroxylation is 1. The molecule has 4 rings (SSSR count). The van der Waals surface area contributed by atoms with E-state index in [1.54, 1.807) is 44.4 Å². The molecule has 0 radical (unpaired) electrons. The number of hydrogen-bond acceptors (Lipinski definition) is 4. The molecule has 0 saturated heterocycles. The first kappa shape index (κ1) is 21.2. The monoisotopic (exact) mass is 438 g/mol. The molecule has 2 aromatic carbocycles. The number of nitrogens with zero attached hydrogens (tertiary/aromatic N) is 2. The van der Waals surface area contributed by atoms with Crippen molar-refractivity contribution in [2.24, 2.45) is 12.0 Å². The SMILES string of the molecule is CCS(=O)(=O)Cc1ccc2c(c1)-c1cn(C)c(=O)cc1[C@@H](C)N=C2c1ccc(F)cc1. The number of aliphatic imine (C=N–C) groups is 1. The molecule has 160 valence electrons. The highest BCUT2D eigenvalue weighted by atomic mass is 32.2. The van der Waals surface area contributed by atoms with Crippen LogP contribution in [-0.4, -0.2) is 24.4 Å². The zero-order valence-electron chi connectivity index (χ0n) is 17.6. The molecular formula is C24H23FN2O3S. The summed E-state index contributed by atoms with van der Waals surface area (Å²) in [5.74, 6) is -0.331. The maximum absolute atomic E-state index is 13.5. The Bertz CT molecular complexity index is 1360. The number of rotatable bonds is 4. The predicted octanol–water partition coefficient (Wildman–Crippen LogP) is 4.04. The fourth-order valence-corrected chi connectivity index (χ4v) is 4.74. The van der Waals surface area contributed by atoms with Crippen LogP contribution >= 0.6 is 0 Å². The lowest BCUT2D eigenvalue weighted by Gasteiger charge is -2.15. The summed E-state index contributed by atoms with van der Waals surface area (Å²) in [7, 11) is -1.52. The van der Waals surface area contributed by atoms with Gasteiger partial charge in [0.15, 0.2) is 9.84 Å². The molecule has 1 aromatic heterocycles. The molecule has 0 bridgehead atoms. The highest BCUT2D eigenvalue weighted by Gasteiger charge is 2.24. The average molecular weight is 439 g/mol. The molecule has 1 aliphatic rings. The topological polar surface area (TPSA) is 68.5 Å². The van der Waals surface area contributed by atoms with Crippen molar-refractivity contribution in [1.82, 2.24) is 4.57 Å². The smallest absolute Gasteiger partial charge is 0.250 e. The lowest BCUT2D eigenvalue weighted by atomic mass is 9.91. The maximum Gasteiger partial charge on any atom is 0.250 e. The maximum atomic E-state index is 13.5. The standard InChI is InChI=1S/C24H23FN2O3S/c1-4-31(29,30)14-16-5-10-19-21(11-16)22-13-27(3)23(28)12-20(22)15(2)26-24(19)17-6-8-18(25)9-7-17/h5-13,15H,4,14H2,1-3H3/t15-/m1/s1. The zero-order valence-corrected chi connectivity index (χ0v) is 18.4. The van der Waals surface area contributed by atoms with Crippen LogP contribution in [0.2, 0.25) is 0 Å². The van der Waals surface area contributed by atoms with Gasteiger partial charge in [0.2, 0.25) is 0 Å². The Hall–Kier alpha value is -3.06. The molecule has 7 heteroatoms. The van der Waals surface area contributed by atoms with Crippen molar-refractivity contribution in [1.29, 1.82) is 0 Å². The molecular weight excluding hydrogens is 415 g/mol. The molecule has 0 aliphatic carbocycles. The van der Waals surface area contributed by atoms with Gasteiger partial charge in [-0.25, -0.2) is 12.8 Å². The number of halogens is 1. The fraction of sp³-hybridized carbons (Fsp3) is 0.250. The van der Waals surface area contributed by atoms with Crippen molar-refractivity contribution in [2.45, 2.75) is 25.6 Å². The second-order valence-electron chi connectivity index (χ2n) is 7.81. The molecule has 1 atom stereocenters. The van der Waals surface area contributed by atoms with Crippen LogP contribution in [0, 0.1) is 5.82 Å². The van der Waals surface area contributed by atoms with E-state index >= 15 is 0 Å². The minimum absolute atomic E-state index is 0.0591. The summed E-state index contributed by atoms with van der Waals surface area (Å²) in [4.78, 5) is 17.2. The molecule has 31 heavy (non-hydrogen) atoms. The number of fused-ring (bicyclic) bond motifs is 3. The van der Waals surface area contributed by atoms with E-state index in [1.807, 2.05) is 19.1 Å². The summed E-state index contributed by atoms with van der Waals surface area (Å²) < 4.78 is 39.5. The van der Waals surface area contributed by atoms with Gasteiger partial charge in [-0.2, -0.15) is 0 Å². The van der Waals surface area contributed by atoms with E-state index in [1.165, 1.54) is 16.7 Å². The first-order chi connectivity index (χ1) is 14.7. The summed E-state index contributed by atoms with van der Waals surface area (Å²) in [6.45, 7) is 3.54. The molecule has 2 heterocycles. The lowest BCUT2D eigenvalue weighted by Crippen LogP contribution is -2.17. The van der Waals surface area contributed by atoms with Crippen LogP contribution in [-0.2, 0) is 22.6 Å². The van der Waals surface area contributed by atoms with Crippen LogP contribution in [0.25, 0.3) is 11.1 Å². The summed E-state index contributed by atoms with van der Waals surface area (Å²) in [6.07, 6.45) is 1.77. The van der Waals surface area contributed by atoms with Crippen molar-refractivity contribution < 1.29 is 12.8 Å². The van der Waals surface area contributed by atoms with E-state index in [0.717, 1.165) is 27.8 Å². The number of hydrogen-bond donors (Lipinski definition) is 0. The van der Waals surface area contributed by atoms with Gasteiger partial charge in [0.25, 0.3) is 5.56 Å². The van der Waals surface area contributed by atoms with Gasteiger partial charge in [-0.1, -0.05) is 19.1 Å². The largest absolute Gasteiger partial charge is 0.318 e. The second-order valence-corrected chi connectivity index (χ2v) is 10.2. The molecule has 0 saturated carbocycles. The quantitative estimate of drug-likeness (QED) is 0.617. The molecule has 0 fully saturated rings. The number of sulfone groups is 1. The average Bonchev–Trinajstić information content (AvgIpc) is 2.84. The van der Waals surface area contributed by atoms with Crippen molar-refractivity contribution in [2.75, 3.05) is 5.75 Å². The van der Waals surface area contributed by atoms with Gasteiger partial charge in [0, 0.05) is 41.8 Å². The van der Waals surface area contributed by atoms with Crippen LogP contribution in [0.1, 0.15) is 42.1 Å². The van der Waals surface area contributed by atoms with E-state index in [4.69, 9.17) is 4.99 Å². The zero-order chi connectivity index (χ0) is 22.3. The van der Waals surface area contributed by atoms with E-state index in [0.29, 0.717) is 11.3 Å². The highest BCUT2D eigenvalue weighted by Crippen LogP contribution is 2.37. The molecule has 0 amide bonds. The van der Waals surface area contributed by atoms with E-state index in [2.05, 4.69) is 0 Å². The van der Waals surface area contributed by atoms with E-state index < -0.39 is 9.84 Å². The number of benzene rings is 2. The third-order valence-corrected chi connectivity index (χ3v) is 7.26. The third kappa shape index (κ3) is 4.10. The van der Waals surface area contributed by atoms with Crippen molar-refractivity contribution in [3.05, 3.63) is 93.2 Å². The summed E-state index contributed by atoms with van der Waals surface area (Å²) >= 11 is 0. The Morgan fingerprint density at radius 2 is 1.74 bits per heavy atom. The Morgan fingerprint density at radius 1 is 1.03 bits per heavy atom. The van der Waals surface area contributed by atoms with Crippen LogP contribution < -0.4 is 5.56 Å². The molecule has 5 nitrogen and oxygen atoms in total. The first-order valence-corrected chi connectivity index (χ1v) is 11.9. The normalized spacial score (nSPS) is 15.6. The fourth-order valence-electron chi connectivity index (χ4n) is 3.85. The molecule has 3 aromatic rings. The summed E-state index contributed by atoms with van der Waals surface area (Å²) in [6, 6.07) is 12.9. The van der Waals surface area contributed by atoms with Gasteiger partial charge >= 0.3 is 0 Å². The summed E-state index contributed by atoms with van der Waals surface area (Å²) in [5.41, 5.74) is 5.20. The Balaban J connectivity index is 2.00. The van der Waals surface area contributed by atoms with Gasteiger partial charge in [-0.3, -0.25) is 9.79 Å².